The van der Waals surface area contributed by atoms with Crippen LogP contribution in [0.1, 0.15) is 24.2 Å². The maximum absolute atomic E-state index is 12.7. The number of rotatable bonds is 4. The lowest BCUT2D eigenvalue weighted by Gasteiger charge is -2.40. The van der Waals surface area contributed by atoms with Crippen LogP contribution >= 0.6 is 0 Å². The van der Waals surface area contributed by atoms with E-state index in [1.165, 1.54) is 0 Å². The molecule has 7 heteroatoms. The summed E-state index contributed by atoms with van der Waals surface area (Å²) in [6.07, 6.45) is 1.16. The standard InChI is InChI=1S/C21H26N4O3/c1-16-12-17(2)25(22-16)10-8-19(26)23-11-9-21(14-23)15-24(20(27)13-28-21)18-6-4-3-5-7-18/h3-7,12H,8-11,13-15H2,1-2H3. The Morgan fingerprint density at radius 2 is 2.00 bits per heavy atom. The first-order valence-electron chi connectivity index (χ1n) is 9.74. The molecule has 0 saturated carbocycles. The highest BCUT2D eigenvalue weighted by Crippen LogP contribution is 2.32. The van der Waals surface area contributed by atoms with E-state index in [1.807, 2.05) is 59.8 Å². The number of amides is 2. The van der Waals surface area contributed by atoms with Crippen molar-refractivity contribution in [2.24, 2.45) is 0 Å². The Balaban J connectivity index is 1.39. The summed E-state index contributed by atoms with van der Waals surface area (Å²) in [6, 6.07) is 11.7. The summed E-state index contributed by atoms with van der Waals surface area (Å²) >= 11 is 0. The highest BCUT2D eigenvalue weighted by Gasteiger charge is 2.46. The summed E-state index contributed by atoms with van der Waals surface area (Å²) in [7, 11) is 0. The Kier molecular flexibility index (Phi) is 4.93. The van der Waals surface area contributed by atoms with E-state index in [1.54, 1.807) is 4.90 Å². The summed E-state index contributed by atoms with van der Waals surface area (Å²) < 4.78 is 7.83. The molecule has 0 aliphatic carbocycles. The summed E-state index contributed by atoms with van der Waals surface area (Å²) in [5.74, 6) is 0.0716. The number of likely N-dealkylation sites (tertiary alicyclic amines) is 1. The van der Waals surface area contributed by atoms with Gasteiger partial charge in [-0.05, 0) is 38.5 Å². The second-order valence-corrected chi connectivity index (χ2v) is 7.75. The van der Waals surface area contributed by atoms with Gasteiger partial charge in [0.15, 0.2) is 0 Å². The van der Waals surface area contributed by atoms with Gasteiger partial charge in [-0.2, -0.15) is 5.10 Å². The molecule has 1 atom stereocenters. The Hall–Kier alpha value is -2.67. The van der Waals surface area contributed by atoms with Gasteiger partial charge in [-0.25, -0.2) is 0 Å². The lowest BCUT2D eigenvalue weighted by atomic mass is 10.00. The van der Waals surface area contributed by atoms with Crippen LogP contribution in [0.2, 0.25) is 0 Å². The zero-order valence-corrected chi connectivity index (χ0v) is 16.4. The van der Waals surface area contributed by atoms with Gasteiger partial charge >= 0.3 is 0 Å². The molecule has 4 rings (SSSR count). The average Bonchev–Trinajstić information content (AvgIpc) is 3.25. The third-order valence-electron chi connectivity index (χ3n) is 5.63. The zero-order valence-electron chi connectivity index (χ0n) is 16.4. The van der Waals surface area contributed by atoms with Gasteiger partial charge in [0, 0.05) is 30.9 Å². The molecule has 0 radical (unpaired) electrons. The van der Waals surface area contributed by atoms with Crippen LogP contribution in [0.4, 0.5) is 5.69 Å². The fraction of sp³-hybridized carbons (Fsp3) is 0.476. The van der Waals surface area contributed by atoms with Crippen molar-refractivity contribution in [3.63, 3.8) is 0 Å². The number of ether oxygens (including phenoxy) is 1. The third kappa shape index (κ3) is 3.67. The van der Waals surface area contributed by atoms with Crippen LogP contribution in [0.15, 0.2) is 36.4 Å². The fourth-order valence-corrected chi connectivity index (χ4v) is 4.12. The molecule has 2 aliphatic rings. The minimum Gasteiger partial charge on any atom is -0.361 e. The van der Waals surface area contributed by atoms with E-state index >= 15 is 0 Å². The van der Waals surface area contributed by atoms with Crippen LogP contribution in [-0.4, -0.2) is 58.3 Å². The Morgan fingerprint density at radius 1 is 1.21 bits per heavy atom. The van der Waals surface area contributed by atoms with E-state index < -0.39 is 5.60 Å². The van der Waals surface area contributed by atoms with E-state index in [0.717, 1.165) is 23.5 Å². The molecule has 3 heterocycles. The molecule has 7 nitrogen and oxygen atoms in total. The monoisotopic (exact) mass is 382 g/mol. The molecular formula is C21H26N4O3. The molecule has 1 aromatic carbocycles. The normalized spacial score (nSPS) is 22.3. The number of hydrogen-bond acceptors (Lipinski definition) is 4. The first-order chi connectivity index (χ1) is 13.5. The number of nitrogens with zero attached hydrogens (tertiary/aromatic N) is 4. The van der Waals surface area contributed by atoms with Crippen LogP contribution in [0.5, 0.6) is 0 Å². The average molecular weight is 382 g/mol. The van der Waals surface area contributed by atoms with Crippen molar-refractivity contribution in [1.29, 1.82) is 0 Å². The largest absolute Gasteiger partial charge is 0.361 e. The van der Waals surface area contributed by atoms with Crippen molar-refractivity contribution in [3.8, 4) is 0 Å². The highest BCUT2D eigenvalue weighted by atomic mass is 16.5. The van der Waals surface area contributed by atoms with Crippen molar-refractivity contribution in [2.75, 3.05) is 31.1 Å². The molecule has 1 aromatic heterocycles. The molecule has 1 spiro atoms. The topological polar surface area (TPSA) is 67.7 Å². The molecule has 2 fully saturated rings. The van der Waals surface area contributed by atoms with E-state index in [-0.39, 0.29) is 18.4 Å². The zero-order chi connectivity index (χ0) is 19.7. The second-order valence-electron chi connectivity index (χ2n) is 7.75. The quantitative estimate of drug-likeness (QED) is 0.810. The van der Waals surface area contributed by atoms with Gasteiger partial charge in [-0.1, -0.05) is 18.2 Å². The van der Waals surface area contributed by atoms with E-state index in [4.69, 9.17) is 4.74 Å². The molecular weight excluding hydrogens is 356 g/mol. The number of morpholine rings is 1. The van der Waals surface area contributed by atoms with Crippen LogP contribution in [0.25, 0.3) is 0 Å². The Labute approximate surface area is 164 Å². The van der Waals surface area contributed by atoms with E-state index in [0.29, 0.717) is 32.6 Å². The predicted molar refractivity (Wildman–Crippen MR) is 105 cm³/mol. The first-order valence-corrected chi connectivity index (χ1v) is 9.74. The molecule has 2 saturated heterocycles. The number of hydrogen-bond donors (Lipinski definition) is 0. The number of para-hydroxylation sites is 1. The van der Waals surface area contributed by atoms with E-state index in [9.17, 15) is 9.59 Å². The molecule has 1 unspecified atom stereocenters. The summed E-state index contributed by atoms with van der Waals surface area (Å²) in [4.78, 5) is 28.7. The van der Waals surface area contributed by atoms with Crippen LogP contribution in [0.3, 0.4) is 0 Å². The minimum atomic E-state index is -0.475. The number of aromatic nitrogens is 2. The summed E-state index contributed by atoms with van der Waals surface area (Å²) in [5.41, 5.74) is 2.43. The molecule has 148 valence electrons. The summed E-state index contributed by atoms with van der Waals surface area (Å²) in [6.45, 7) is 6.26. The molecule has 2 amide bonds. The number of benzene rings is 1. The van der Waals surface area contributed by atoms with Gasteiger partial charge in [0.25, 0.3) is 5.91 Å². The molecule has 0 N–H and O–H groups in total. The Bertz CT molecular complexity index is 879. The van der Waals surface area contributed by atoms with Crippen molar-refractivity contribution in [3.05, 3.63) is 47.8 Å². The van der Waals surface area contributed by atoms with Gasteiger partial charge < -0.3 is 14.5 Å². The minimum absolute atomic E-state index is 0.0360. The number of aryl methyl sites for hydroxylation is 3. The van der Waals surface area contributed by atoms with Crippen LogP contribution in [0, 0.1) is 13.8 Å². The molecule has 28 heavy (non-hydrogen) atoms. The van der Waals surface area contributed by atoms with Gasteiger partial charge in [0.2, 0.25) is 5.91 Å². The predicted octanol–water partition coefficient (Wildman–Crippen LogP) is 1.92. The molecule has 2 aromatic rings. The maximum Gasteiger partial charge on any atom is 0.253 e. The molecule has 0 bridgehead atoms. The lowest BCUT2D eigenvalue weighted by Crippen LogP contribution is -2.56. The third-order valence-corrected chi connectivity index (χ3v) is 5.63. The van der Waals surface area contributed by atoms with Crippen LogP contribution < -0.4 is 4.90 Å². The first kappa shape index (κ1) is 18.7. The Morgan fingerprint density at radius 3 is 2.71 bits per heavy atom. The smallest absolute Gasteiger partial charge is 0.253 e. The van der Waals surface area contributed by atoms with Gasteiger partial charge in [0.05, 0.1) is 18.8 Å². The van der Waals surface area contributed by atoms with Crippen LogP contribution in [-0.2, 0) is 20.9 Å². The van der Waals surface area contributed by atoms with Crippen molar-refractivity contribution in [2.45, 2.75) is 38.8 Å². The number of carbonyl (C=O) groups is 2. The van der Waals surface area contributed by atoms with Gasteiger partial charge in [0.1, 0.15) is 12.2 Å². The highest BCUT2D eigenvalue weighted by molar-refractivity contribution is 5.95. The summed E-state index contributed by atoms with van der Waals surface area (Å²) in [5, 5.41) is 4.42. The molecule has 2 aliphatic heterocycles. The number of carbonyl (C=O) groups excluding carboxylic acids is 2. The van der Waals surface area contributed by atoms with Gasteiger partial charge in [-0.3, -0.25) is 14.3 Å². The van der Waals surface area contributed by atoms with Crippen molar-refractivity contribution < 1.29 is 14.3 Å². The fourth-order valence-electron chi connectivity index (χ4n) is 4.12. The maximum atomic E-state index is 12.7. The van der Waals surface area contributed by atoms with Crippen molar-refractivity contribution in [1.82, 2.24) is 14.7 Å². The SMILES string of the molecule is Cc1cc(C)n(CCC(=O)N2CCC3(C2)CN(c2ccccc2)C(=O)CO3)n1. The lowest BCUT2D eigenvalue weighted by molar-refractivity contribution is -0.139. The number of anilines is 1. The van der Waals surface area contributed by atoms with Crippen molar-refractivity contribution >= 4 is 17.5 Å². The van der Waals surface area contributed by atoms with Gasteiger partial charge in [-0.15, -0.1) is 0 Å². The van der Waals surface area contributed by atoms with E-state index in [2.05, 4.69) is 5.10 Å². The second kappa shape index (κ2) is 7.39.